The van der Waals surface area contributed by atoms with Gasteiger partial charge in [-0.1, -0.05) is 0 Å². The van der Waals surface area contributed by atoms with Gasteiger partial charge in [0.1, 0.15) is 0 Å². The van der Waals surface area contributed by atoms with E-state index in [1.165, 1.54) is 0 Å². The third-order valence-electron chi connectivity index (χ3n) is 2.54. The van der Waals surface area contributed by atoms with Gasteiger partial charge >= 0.3 is 5.97 Å². The first-order valence-electron chi connectivity index (χ1n) is 4.96. The van der Waals surface area contributed by atoms with Crippen molar-refractivity contribution in [3.8, 4) is 0 Å². The maximum Gasteiger partial charge on any atom is 0.359 e. The molecule has 0 aromatic heterocycles. The number of aliphatic carboxylic acids is 1. The van der Waals surface area contributed by atoms with Crippen LogP contribution in [0.4, 0.5) is 0 Å². The summed E-state index contributed by atoms with van der Waals surface area (Å²) in [4.78, 5) is 10.6. The number of carboxylic acid groups (broad SMARTS) is 1. The molecule has 0 aromatic rings. The molecule has 0 aliphatic heterocycles. The second-order valence-corrected chi connectivity index (χ2v) is 4.77. The maximum atomic E-state index is 10.6. The summed E-state index contributed by atoms with van der Waals surface area (Å²) in [5.41, 5.74) is -0.715. The van der Waals surface area contributed by atoms with Gasteiger partial charge < -0.3 is 14.7 Å². The van der Waals surface area contributed by atoms with Crippen LogP contribution >= 0.6 is 0 Å². The van der Waals surface area contributed by atoms with Crippen LogP contribution in [0, 0.1) is 0 Å². The van der Waals surface area contributed by atoms with Crippen molar-refractivity contribution >= 4 is 5.97 Å². The first-order chi connectivity index (χ1) is 6.18. The molecule has 0 aliphatic carbocycles. The molecule has 0 aliphatic rings. The third-order valence-corrected chi connectivity index (χ3v) is 2.54. The zero-order valence-electron chi connectivity index (χ0n) is 9.58. The van der Waals surface area contributed by atoms with E-state index in [-0.39, 0.29) is 6.54 Å². The van der Waals surface area contributed by atoms with Gasteiger partial charge in [-0.25, -0.2) is 4.79 Å². The highest BCUT2D eigenvalue weighted by Crippen LogP contribution is 2.12. The van der Waals surface area contributed by atoms with Crippen molar-refractivity contribution in [1.82, 2.24) is 0 Å². The lowest BCUT2D eigenvalue weighted by molar-refractivity contribution is -0.901. The van der Waals surface area contributed by atoms with Crippen molar-refractivity contribution in [2.24, 2.45) is 0 Å². The normalized spacial score (nSPS) is 16.4. The Morgan fingerprint density at radius 3 is 2.21 bits per heavy atom. The van der Waals surface area contributed by atoms with E-state index in [1.54, 1.807) is 13.8 Å². The fraction of sp³-hybridized carbons (Fsp3) is 0.900. The number of hydrogen-bond acceptors (Lipinski definition) is 2. The molecule has 0 rings (SSSR count). The SMILES string of the molecule is CC[N+](C)(CCC(C)(C)O)CC(=O)O. The van der Waals surface area contributed by atoms with E-state index in [0.29, 0.717) is 17.4 Å². The van der Waals surface area contributed by atoms with Gasteiger partial charge in [0.2, 0.25) is 0 Å². The third kappa shape index (κ3) is 5.94. The lowest BCUT2D eigenvalue weighted by atomic mass is 10.0. The van der Waals surface area contributed by atoms with Crippen LogP contribution in [-0.4, -0.2) is 52.9 Å². The highest BCUT2D eigenvalue weighted by atomic mass is 16.4. The molecule has 0 amide bonds. The van der Waals surface area contributed by atoms with Gasteiger partial charge in [0.25, 0.3) is 0 Å². The van der Waals surface area contributed by atoms with Crippen LogP contribution in [0.25, 0.3) is 0 Å². The maximum absolute atomic E-state index is 10.6. The molecule has 0 saturated heterocycles. The monoisotopic (exact) mass is 204 g/mol. The molecule has 0 bridgehead atoms. The number of rotatable bonds is 6. The Bertz CT molecular complexity index is 198. The smallest absolute Gasteiger partial charge is 0.359 e. The Morgan fingerprint density at radius 2 is 1.93 bits per heavy atom. The van der Waals surface area contributed by atoms with Crippen molar-refractivity contribution < 1.29 is 19.5 Å². The summed E-state index contributed by atoms with van der Waals surface area (Å²) in [6.45, 7) is 7.02. The number of carbonyl (C=O) groups is 1. The molecule has 84 valence electrons. The quantitative estimate of drug-likeness (QED) is 0.626. The Hall–Kier alpha value is -0.610. The topological polar surface area (TPSA) is 57.5 Å². The van der Waals surface area contributed by atoms with Gasteiger partial charge in [-0.2, -0.15) is 0 Å². The fourth-order valence-electron chi connectivity index (χ4n) is 1.22. The highest BCUT2D eigenvalue weighted by Gasteiger charge is 2.26. The minimum Gasteiger partial charge on any atom is -0.477 e. The molecular weight excluding hydrogens is 182 g/mol. The van der Waals surface area contributed by atoms with Crippen LogP contribution in [0.15, 0.2) is 0 Å². The minimum absolute atomic E-state index is 0.118. The summed E-state index contributed by atoms with van der Waals surface area (Å²) >= 11 is 0. The molecule has 1 unspecified atom stereocenters. The number of likely N-dealkylation sites (N-methyl/N-ethyl adjacent to an activating group) is 1. The first-order valence-corrected chi connectivity index (χ1v) is 4.96. The average molecular weight is 204 g/mol. The van der Waals surface area contributed by atoms with Gasteiger partial charge in [0, 0.05) is 6.42 Å². The number of quaternary nitrogens is 1. The van der Waals surface area contributed by atoms with E-state index in [4.69, 9.17) is 5.11 Å². The second-order valence-electron chi connectivity index (χ2n) is 4.77. The summed E-state index contributed by atoms with van der Waals surface area (Å²) in [5.74, 6) is -0.787. The molecule has 0 fully saturated rings. The lowest BCUT2D eigenvalue weighted by Gasteiger charge is -2.33. The van der Waals surface area contributed by atoms with Gasteiger partial charge in [0.05, 0.1) is 25.7 Å². The molecule has 1 atom stereocenters. The van der Waals surface area contributed by atoms with Gasteiger partial charge in [-0.05, 0) is 20.8 Å². The van der Waals surface area contributed by atoms with Crippen molar-refractivity contribution in [3.05, 3.63) is 0 Å². The molecule has 2 N–H and O–H groups in total. The fourth-order valence-corrected chi connectivity index (χ4v) is 1.22. The van der Waals surface area contributed by atoms with Crippen molar-refractivity contribution in [3.63, 3.8) is 0 Å². The zero-order chi connectivity index (χ0) is 11.4. The summed E-state index contributed by atoms with van der Waals surface area (Å²) in [6.07, 6.45) is 0.616. The van der Waals surface area contributed by atoms with Crippen LogP contribution < -0.4 is 0 Å². The van der Waals surface area contributed by atoms with Crippen LogP contribution in [0.5, 0.6) is 0 Å². The van der Waals surface area contributed by atoms with E-state index in [2.05, 4.69) is 0 Å². The lowest BCUT2D eigenvalue weighted by Crippen LogP contribution is -2.49. The number of aliphatic hydroxyl groups is 1. The zero-order valence-corrected chi connectivity index (χ0v) is 9.58. The average Bonchev–Trinajstić information content (AvgIpc) is 1.99. The molecule has 14 heavy (non-hydrogen) atoms. The van der Waals surface area contributed by atoms with Crippen LogP contribution in [0.3, 0.4) is 0 Å². The Kier molecular flexibility index (Phi) is 4.55. The predicted octanol–water partition coefficient (Wildman–Crippen LogP) is 0.699. The summed E-state index contributed by atoms with van der Waals surface area (Å²) in [7, 11) is 1.90. The molecule has 0 radical (unpaired) electrons. The molecular formula is C10H22NO3+. The largest absolute Gasteiger partial charge is 0.477 e. The van der Waals surface area contributed by atoms with Crippen LogP contribution in [0.1, 0.15) is 27.2 Å². The molecule has 0 saturated carbocycles. The van der Waals surface area contributed by atoms with Crippen LogP contribution in [-0.2, 0) is 4.79 Å². The van der Waals surface area contributed by atoms with E-state index in [0.717, 1.165) is 6.54 Å². The number of nitrogens with zero attached hydrogens (tertiary/aromatic N) is 1. The summed E-state index contributed by atoms with van der Waals surface area (Å²) < 4.78 is 0.472. The standard InChI is InChI=1S/C10H21NO3/c1-5-11(4,8-9(12)13)7-6-10(2,3)14/h14H,5-8H2,1-4H3/p+1. The van der Waals surface area contributed by atoms with Crippen LogP contribution in [0.2, 0.25) is 0 Å². The highest BCUT2D eigenvalue weighted by molar-refractivity contribution is 5.67. The van der Waals surface area contributed by atoms with Crippen molar-refractivity contribution in [2.45, 2.75) is 32.8 Å². The Labute approximate surface area is 85.7 Å². The van der Waals surface area contributed by atoms with E-state index in [1.807, 2.05) is 14.0 Å². The minimum atomic E-state index is -0.787. The van der Waals surface area contributed by atoms with Gasteiger partial charge in [-0.15, -0.1) is 0 Å². The molecule has 4 heteroatoms. The Balaban J connectivity index is 4.19. The molecule has 4 nitrogen and oxygen atoms in total. The Morgan fingerprint density at radius 1 is 1.43 bits per heavy atom. The van der Waals surface area contributed by atoms with Gasteiger partial charge in [0.15, 0.2) is 6.54 Å². The number of carboxylic acids is 1. The summed E-state index contributed by atoms with van der Waals surface area (Å²) in [6, 6.07) is 0. The predicted molar refractivity (Wildman–Crippen MR) is 55.0 cm³/mol. The van der Waals surface area contributed by atoms with E-state index >= 15 is 0 Å². The second kappa shape index (κ2) is 4.75. The first kappa shape index (κ1) is 13.4. The van der Waals surface area contributed by atoms with E-state index < -0.39 is 11.6 Å². The summed E-state index contributed by atoms with van der Waals surface area (Å²) in [5, 5.41) is 18.3. The molecule has 0 aromatic carbocycles. The van der Waals surface area contributed by atoms with Crippen molar-refractivity contribution in [1.29, 1.82) is 0 Å². The number of hydrogen-bond donors (Lipinski definition) is 2. The van der Waals surface area contributed by atoms with Crippen molar-refractivity contribution in [2.75, 3.05) is 26.7 Å². The van der Waals surface area contributed by atoms with Gasteiger partial charge in [-0.3, -0.25) is 0 Å². The molecule has 0 heterocycles. The molecule has 0 spiro atoms. The van der Waals surface area contributed by atoms with E-state index in [9.17, 15) is 9.90 Å².